The molecule has 0 aromatic carbocycles. The Morgan fingerprint density at radius 1 is 1.61 bits per heavy atom. The second-order valence-electron chi connectivity index (χ2n) is 3.97. The van der Waals surface area contributed by atoms with Crippen molar-refractivity contribution in [3.05, 3.63) is 40.1 Å². The number of aromatic carboxylic acids is 1. The van der Waals surface area contributed by atoms with Gasteiger partial charge in [0.1, 0.15) is 4.88 Å². The molecule has 0 aliphatic heterocycles. The summed E-state index contributed by atoms with van der Waals surface area (Å²) in [4.78, 5) is 16.3. The quantitative estimate of drug-likeness (QED) is 0.781. The van der Waals surface area contributed by atoms with E-state index in [1.807, 2.05) is 17.7 Å². The Bertz CT molecular complexity index is 519. The Balaban J connectivity index is 1.81. The third kappa shape index (κ3) is 3.18. The van der Waals surface area contributed by atoms with E-state index in [9.17, 15) is 4.79 Å². The van der Waals surface area contributed by atoms with Gasteiger partial charge in [-0.05, 0) is 18.6 Å². The minimum Gasteiger partial charge on any atom is -0.477 e. The van der Waals surface area contributed by atoms with E-state index in [-0.39, 0.29) is 0 Å². The predicted molar refractivity (Wildman–Crippen MR) is 69.9 cm³/mol. The molecule has 0 amide bonds. The van der Waals surface area contributed by atoms with Crippen molar-refractivity contribution in [1.29, 1.82) is 0 Å². The number of carboxylic acids is 1. The lowest BCUT2D eigenvalue weighted by Gasteiger charge is -2.04. The van der Waals surface area contributed by atoms with Gasteiger partial charge in [-0.15, -0.1) is 11.3 Å². The molecule has 0 fully saturated rings. The number of imidazole rings is 1. The highest BCUT2D eigenvalue weighted by Crippen LogP contribution is 2.21. The normalized spacial score (nSPS) is 10.7. The van der Waals surface area contributed by atoms with Gasteiger partial charge in [0.2, 0.25) is 0 Å². The number of aromatic nitrogens is 2. The van der Waals surface area contributed by atoms with Crippen LogP contribution in [0.2, 0.25) is 0 Å². The zero-order valence-corrected chi connectivity index (χ0v) is 10.9. The molecule has 6 heteroatoms. The standard InChI is InChI=1S/C12H15N3O2S/c1-9-10(6-11(18-9)12(16)17)7-13-2-4-15-5-3-14-8-15/h3,5-6,8,13H,2,4,7H2,1H3,(H,16,17). The number of hydrogen-bond acceptors (Lipinski definition) is 4. The summed E-state index contributed by atoms with van der Waals surface area (Å²) >= 11 is 1.32. The van der Waals surface area contributed by atoms with Crippen LogP contribution in [0.3, 0.4) is 0 Å². The van der Waals surface area contributed by atoms with Crippen molar-refractivity contribution in [2.75, 3.05) is 6.54 Å². The molecule has 2 N–H and O–H groups in total. The number of carbonyl (C=O) groups is 1. The van der Waals surface area contributed by atoms with Crippen molar-refractivity contribution < 1.29 is 9.90 Å². The van der Waals surface area contributed by atoms with Crippen LogP contribution in [0.15, 0.2) is 24.8 Å². The molecule has 0 unspecified atom stereocenters. The second-order valence-corrected chi connectivity index (χ2v) is 5.23. The minimum absolute atomic E-state index is 0.402. The summed E-state index contributed by atoms with van der Waals surface area (Å²) in [7, 11) is 0. The van der Waals surface area contributed by atoms with Gasteiger partial charge in [0.15, 0.2) is 0 Å². The first-order valence-corrected chi connectivity index (χ1v) is 6.47. The molecule has 0 aliphatic rings. The topological polar surface area (TPSA) is 67.2 Å². The van der Waals surface area contributed by atoms with Gasteiger partial charge in [-0.2, -0.15) is 0 Å². The van der Waals surface area contributed by atoms with Gasteiger partial charge in [-0.25, -0.2) is 9.78 Å². The first-order chi connectivity index (χ1) is 8.66. The van der Waals surface area contributed by atoms with Crippen molar-refractivity contribution in [3.8, 4) is 0 Å². The van der Waals surface area contributed by atoms with Crippen LogP contribution in [-0.4, -0.2) is 27.2 Å². The molecule has 2 aromatic heterocycles. The summed E-state index contributed by atoms with van der Waals surface area (Å²) in [5.74, 6) is -0.854. The summed E-state index contributed by atoms with van der Waals surface area (Å²) in [6.45, 7) is 4.33. The molecule has 0 atom stereocenters. The number of hydrogen-bond donors (Lipinski definition) is 2. The van der Waals surface area contributed by atoms with Gasteiger partial charge in [0.25, 0.3) is 0 Å². The molecule has 96 valence electrons. The van der Waals surface area contributed by atoms with Crippen LogP contribution < -0.4 is 5.32 Å². The minimum atomic E-state index is -0.854. The molecule has 0 saturated carbocycles. The second kappa shape index (κ2) is 5.79. The molecule has 0 bridgehead atoms. The van der Waals surface area contributed by atoms with E-state index in [0.29, 0.717) is 11.4 Å². The Hall–Kier alpha value is -1.66. The van der Waals surface area contributed by atoms with E-state index in [4.69, 9.17) is 5.11 Å². The third-order valence-electron chi connectivity index (χ3n) is 2.65. The Morgan fingerprint density at radius 3 is 3.06 bits per heavy atom. The fraction of sp³-hybridized carbons (Fsp3) is 0.333. The van der Waals surface area contributed by atoms with Gasteiger partial charge in [0.05, 0.1) is 6.33 Å². The Labute approximate surface area is 109 Å². The molecule has 0 aliphatic carbocycles. The fourth-order valence-corrected chi connectivity index (χ4v) is 2.53. The summed E-state index contributed by atoms with van der Waals surface area (Å²) in [6, 6.07) is 1.74. The van der Waals surface area contributed by atoms with E-state index < -0.39 is 5.97 Å². The zero-order chi connectivity index (χ0) is 13.0. The first kappa shape index (κ1) is 12.8. The van der Waals surface area contributed by atoms with Crippen molar-refractivity contribution in [2.45, 2.75) is 20.0 Å². The number of rotatable bonds is 6. The maximum atomic E-state index is 10.8. The molecule has 2 heterocycles. The summed E-state index contributed by atoms with van der Waals surface area (Å²) in [6.07, 6.45) is 5.45. The van der Waals surface area contributed by atoms with Crippen LogP contribution in [0.25, 0.3) is 0 Å². The van der Waals surface area contributed by atoms with Gasteiger partial charge < -0.3 is 15.0 Å². The monoisotopic (exact) mass is 265 g/mol. The van der Waals surface area contributed by atoms with Crippen LogP contribution in [0.1, 0.15) is 20.1 Å². The van der Waals surface area contributed by atoms with Crippen molar-refractivity contribution in [2.24, 2.45) is 0 Å². The Kier molecular flexibility index (Phi) is 4.11. The molecule has 0 saturated heterocycles. The van der Waals surface area contributed by atoms with Gasteiger partial charge in [-0.3, -0.25) is 0 Å². The SMILES string of the molecule is Cc1sc(C(=O)O)cc1CNCCn1ccnc1. The maximum absolute atomic E-state index is 10.8. The summed E-state index contributed by atoms with van der Waals surface area (Å²) in [5.41, 5.74) is 1.06. The summed E-state index contributed by atoms with van der Waals surface area (Å²) < 4.78 is 2.00. The number of nitrogens with zero attached hydrogens (tertiary/aromatic N) is 2. The molecule has 18 heavy (non-hydrogen) atoms. The molecular weight excluding hydrogens is 250 g/mol. The number of aryl methyl sites for hydroxylation is 1. The molecule has 0 radical (unpaired) electrons. The molecule has 2 rings (SSSR count). The zero-order valence-electron chi connectivity index (χ0n) is 10.1. The molecular formula is C12H15N3O2S. The van der Waals surface area contributed by atoms with Crippen molar-refractivity contribution >= 4 is 17.3 Å². The lowest BCUT2D eigenvalue weighted by molar-refractivity contribution is 0.0702. The average Bonchev–Trinajstić information content (AvgIpc) is 2.94. The highest BCUT2D eigenvalue weighted by atomic mass is 32.1. The van der Waals surface area contributed by atoms with E-state index >= 15 is 0 Å². The Morgan fingerprint density at radius 2 is 2.44 bits per heavy atom. The molecule has 2 aromatic rings. The number of carboxylic acid groups (broad SMARTS) is 1. The van der Waals surface area contributed by atoms with E-state index in [1.165, 1.54) is 11.3 Å². The first-order valence-electron chi connectivity index (χ1n) is 5.66. The van der Waals surface area contributed by atoms with Crippen LogP contribution in [0.4, 0.5) is 0 Å². The lowest BCUT2D eigenvalue weighted by Crippen LogP contribution is -2.19. The highest BCUT2D eigenvalue weighted by molar-refractivity contribution is 7.14. The molecule has 5 nitrogen and oxygen atoms in total. The average molecular weight is 265 g/mol. The fourth-order valence-electron chi connectivity index (χ4n) is 1.65. The van der Waals surface area contributed by atoms with Crippen LogP contribution in [0, 0.1) is 6.92 Å². The smallest absolute Gasteiger partial charge is 0.345 e. The summed E-state index contributed by atoms with van der Waals surface area (Å²) in [5, 5.41) is 12.2. The van der Waals surface area contributed by atoms with Crippen LogP contribution >= 0.6 is 11.3 Å². The third-order valence-corrected chi connectivity index (χ3v) is 3.73. The van der Waals surface area contributed by atoms with E-state index in [0.717, 1.165) is 23.5 Å². The van der Waals surface area contributed by atoms with Gasteiger partial charge >= 0.3 is 5.97 Å². The van der Waals surface area contributed by atoms with Gasteiger partial charge in [0, 0.05) is 36.9 Å². The predicted octanol–water partition coefficient (Wildman–Crippen LogP) is 1.74. The largest absolute Gasteiger partial charge is 0.477 e. The van der Waals surface area contributed by atoms with Crippen molar-refractivity contribution in [1.82, 2.24) is 14.9 Å². The molecule has 0 spiro atoms. The highest BCUT2D eigenvalue weighted by Gasteiger charge is 2.10. The lowest BCUT2D eigenvalue weighted by atomic mass is 10.2. The van der Waals surface area contributed by atoms with Crippen molar-refractivity contribution in [3.63, 3.8) is 0 Å². The van der Waals surface area contributed by atoms with Gasteiger partial charge in [-0.1, -0.05) is 0 Å². The van der Waals surface area contributed by atoms with E-state index in [1.54, 1.807) is 18.6 Å². The van der Waals surface area contributed by atoms with E-state index in [2.05, 4.69) is 10.3 Å². The van der Waals surface area contributed by atoms with Crippen LogP contribution in [-0.2, 0) is 13.1 Å². The number of nitrogens with one attached hydrogen (secondary N) is 1. The number of thiophene rings is 1. The maximum Gasteiger partial charge on any atom is 0.345 e. The van der Waals surface area contributed by atoms with Crippen LogP contribution in [0.5, 0.6) is 0 Å².